The zero-order chi connectivity index (χ0) is 18.9. The average molecular weight is 374 g/mol. The molecule has 0 aliphatic heterocycles. The van der Waals surface area contributed by atoms with Gasteiger partial charge in [0.1, 0.15) is 0 Å². The Balaban J connectivity index is 2.04. The standard InChI is InChI=1S/C21H27NO3S/c1-5-22(14-18-7-6-12-26-18)21(23)11-9-17-8-10-19(20(13-17)24-4)25-15-16(2)3/h6-13,16H,5,14-15H2,1-4H3/b11-9+. The van der Waals surface area contributed by atoms with Gasteiger partial charge < -0.3 is 14.4 Å². The van der Waals surface area contributed by atoms with Crippen LogP contribution in [0.15, 0.2) is 41.8 Å². The van der Waals surface area contributed by atoms with E-state index in [1.165, 1.54) is 4.88 Å². The monoisotopic (exact) mass is 373 g/mol. The first kappa shape index (κ1) is 20.0. The maximum Gasteiger partial charge on any atom is 0.246 e. The van der Waals surface area contributed by atoms with E-state index in [0.29, 0.717) is 31.4 Å². The van der Waals surface area contributed by atoms with Crippen LogP contribution in [-0.2, 0) is 11.3 Å². The Labute approximate surface area is 160 Å². The van der Waals surface area contributed by atoms with Crippen molar-refractivity contribution in [3.63, 3.8) is 0 Å². The molecule has 0 N–H and O–H groups in total. The van der Waals surface area contributed by atoms with Crippen LogP contribution in [0.25, 0.3) is 6.08 Å². The summed E-state index contributed by atoms with van der Waals surface area (Å²) in [6, 6.07) is 9.75. The fraction of sp³-hybridized carbons (Fsp3) is 0.381. The molecule has 4 nitrogen and oxygen atoms in total. The molecule has 0 aliphatic carbocycles. The highest BCUT2D eigenvalue weighted by atomic mass is 32.1. The number of thiophene rings is 1. The highest BCUT2D eigenvalue weighted by Gasteiger charge is 2.10. The average Bonchev–Trinajstić information content (AvgIpc) is 3.15. The second-order valence-electron chi connectivity index (χ2n) is 6.38. The van der Waals surface area contributed by atoms with Crippen molar-refractivity contribution in [2.45, 2.75) is 27.3 Å². The van der Waals surface area contributed by atoms with Gasteiger partial charge in [-0.25, -0.2) is 0 Å². The quantitative estimate of drug-likeness (QED) is 0.590. The van der Waals surface area contributed by atoms with Gasteiger partial charge in [-0.15, -0.1) is 11.3 Å². The van der Waals surface area contributed by atoms with E-state index in [4.69, 9.17) is 9.47 Å². The van der Waals surface area contributed by atoms with Gasteiger partial charge in [0.15, 0.2) is 11.5 Å². The van der Waals surface area contributed by atoms with E-state index >= 15 is 0 Å². The van der Waals surface area contributed by atoms with Gasteiger partial charge >= 0.3 is 0 Å². The van der Waals surface area contributed by atoms with Crippen LogP contribution in [-0.4, -0.2) is 31.1 Å². The second-order valence-corrected chi connectivity index (χ2v) is 7.41. The SMILES string of the molecule is CCN(Cc1cccs1)C(=O)/C=C/c1ccc(OCC(C)C)c(OC)c1. The fourth-order valence-electron chi connectivity index (χ4n) is 2.37. The molecule has 5 heteroatoms. The molecule has 1 aromatic carbocycles. The molecule has 0 spiro atoms. The van der Waals surface area contributed by atoms with Crippen LogP contribution >= 0.6 is 11.3 Å². The van der Waals surface area contributed by atoms with Crippen molar-refractivity contribution >= 4 is 23.3 Å². The number of carbonyl (C=O) groups excluding carboxylic acids is 1. The lowest BCUT2D eigenvalue weighted by Crippen LogP contribution is -2.28. The number of methoxy groups -OCH3 is 1. The van der Waals surface area contributed by atoms with E-state index in [1.54, 1.807) is 24.5 Å². The molecule has 2 aromatic rings. The minimum absolute atomic E-state index is 0.00000106. The molecule has 2 rings (SSSR count). The summed E-state index contributed by atoms with van der Waals surface area (Å²) >= 11 is 1.66. The minimum atomic E-state index is 0.00000106. The molecule has 140 valence electrons. The number of hydrogen-bond donors (Lipinski definition) is 0. The third-order valence-electron chi connectivity index (χ3n) is 3.80. The number of ether oxygens (including phenoxy) is 2. The third kappa shape index (κ3) is 5.92. The summed E-state index contributed by atoms with van der Waals surface area (Å²) in [5, 5.41) is 2.03. The van der Waals surface area contributed by atoms with E-state index in [-0.39, 0.29) is 5.91 Å². The van der Waals surface area contributed by atoms with Gasteiger partial charge in [0.2, 0.25) is 5.91 Å². The number of hydrogen-bond acceptors (Lipinski definition) is 4. The van der Waals surface area contributed by atoms with Crippen LogP contribution < -0.4 is 9.47 Å². The van der Waals surface area contributed by atoms with Crippen molar-refractivity contribution in [3.05, 3.63) is 52.2 Å². The largest absolute Gasteiger partial charge is 0.493 e. The topological polar surface area (TPSA) is 38.8 Å². The summed E-state index contributed by atoms with van der Waals surface area (Å²) in [5.41, 5.74) is 0.902. The minimum Gasteiger partial charge on any atom is -0.493 e. The van der Waals surface area contributed by atoms with Gasteiger partial charge in [-0.05, 0) is 48.1 Å². The highest BCUT2D eigenvalue weighted by Crippen LogP contribution is 2.29. The van der Waals surface area contributed by atoms with Crippen molar-refractivity contribution in [1.82, 2.24) is 4.90 Å². The predicted octanol–water partition coefficient (Wildman–Crippen LogP) is 4.85. The van der Waals surface area contributed by atoms with Crippen LogP contribution in [0, 0.1) is 5.92 Å². The summed E-state index contributed by atoms with van der Waals surface area (Å²) in [6.07, 6.45) is 3.43. The van der Waals surface area contributed by atoms with Crippen LogP contribution in [0.1, 0.15) is 31.2 Å². The smallest absolute Gasteiger partial charge is 0.246 e. The first-order valence-electron chi connectivity index (χ1n) is 8.83. The van der Waals surface area contributed by atoms with E-state index in [2.05, 4.69) is 13.8 Å². The van der Waals surface area contributed by atoms with Gasteiger partial charge in [0.25, 0.3) is 0 Å². The Morgan fingerprint density at radius 2 is 2.08 bits per heavy atom. The van der Waals surface area contributed by atoms with E-state index in [0.717, 1.165) is 11.3 Å². The van der Waals surface area contributed by atoms with Crippen LogP contribution in [0.5, 0.6) is 11.5 Å². The zero-order valence-electron chi connectivity index (χ0n) is 15.9. The number of benzene rings is 1. The summed E-state index contributed by atoms with van der Waals surface area (Å²) in [4.78, 5) is 15.5. The van der Waals surface area contributed by atoms with Crippen molar-refractivity contribution in [2.24, 2.45) is 5.92 Å². The van der Waals surface area contributed by atoms with Crippen molar-refractivity contribution in [3.8, 4) is 11.5 Å². The van der Waals surface area contributed by atoms with Crippen molar-refractivity contribution in [1.29, 1.82) is 0 Å². The molecule has 0 fully saturated rings. The Kier molecular flexibility index (Phi) is 7.73. The number of likely N-dealkylation sites (N-methyl/N-ethyl adjacent to an activating group) is 1. The summed E-state index contributed by atoms with van der Waals surface area (Å²) in [6.45, 7) is 8.15. The van der Waals surface area contributed by atoms with Gasteiger partial charge in [-0.2, -0.15) is 0 Å². The Morgan fingerprint density at radius 1 is 1.27 bits per heavy atom. The second kappa shape index (κ2) is 10.0. The lowest BCUT2D eigenvalue weighted by atomic mass is 10.1. The highest BCUT2D eigenvalue weighted by molar-refractivity contribution is 7.09. The summed E-state index contributed by atoms with van der Waals surface area (Å²) < 4.78 is 11.2. The number of nitrogens with zero attached hydrogens (tertiary/aromatic N) is 1. The molecule has 0 atom stereocenters. The van der Waals surface area contributed by atoms with Crippen LogP contribution in [0.2, 0.25) is 0 Å². The molecule has 0 saturated heterocycles. The normalized spacial score (nSPS) is 11.1. The van der Waals surface area contributed by atoms with E-state index in [1.807, 2.05) is 53.6 Å². The van der Waals surface area contributed by atoms with Crippen molar-refractivity contribution < 1.29 is 14.3 Å². The molecule has 1 aromatic heterocycles. The molecular formula is C21H27NO3S. The van der Waals surface area contributed by atoms with Gasteiger partial charge in [0.05, 0.1) is 20.3 Å². The molecule has 0 bridgehead atoms. The number of amides is 1. The first-order chi connectivity index (χ1) is 12.5. The molecule has 0 saturated carbocycles. The summed E-state index contributed by atoms with van der Waals surface area (Å²) in [5.74, 6) is 1.84. The zero-order valence-corrected chi connectivity index (χ0v) is 16.7. The Bertz CT molecular complexity index is 723. The molecule has 26 heavy (non-hydrogen) atoms. The van der Waals surface area contributed by atoms with E-state index in [9.17, 15) is 4.79 Å². The maximum absolute atomic E-state index is 12.5. The van der Waals surface area contributed by atoms with Gasteiger partial charge in [0, 0.05) is 17.5 Å². The Morgan fingerprint density at radius 3 is 2.69 bits per heavy atom. The molecule has 1 heterocycles. The van der Waals surface area contributed by atoms with Crippen molar-refractivity contribution in [2.75, 3.05) is 20.3 Å². The van der Waals surface area contributed by atoms with Gasteiger partial charge in [-0.1, -0.05) is 26.0 Å². The molecule has 1 amide bonds. The predicted molar refractivity (Wildman–Crippen MR) is 108 cm³/mol. The Hall–Kier alpha value is -2.27. The molecule has 0 unspecified atom stereocenters. The van der Waals surface area contributed by atoms with E-state index < -0.39 is 0 Å². The van der Waals surface area contributed by atoms with Gasteiger partial charge in [-0.3, -0.25) is 4.79 Å². The maximum atomic E-state index is 12.5. The molecular weight excluding hydrogens is 346 g/mol. The first-order valence-corrected chi connectivity index (χ1v) is 9.71. The van der Waals surface area contributed by atoms with Crippen LogP contribution in [0.4, 0.5) is 0 Å². The molecule has 0 aliphatic rings. The summed E-state index contributed by atoms with van der Waals surface area (Å²) in [7, 11) is 1.62. The number of rotatable bonds is 9. The lowest BCUT2D eigenvalue weighted by molar-refractivity contribution is -0.126. The lowest BCUT2D eigenvalue weighted by Gasteiger charge is -2.18. The molecule has 0 radical (unpaired) electrons. The fourth-order valence-corrected chi connectivity index (χ4v) is 3.09. The third-order valence-corrected chi connectivity index (χ3v) is 4.66. The number of carbonyl (C=O) groups is 1. The van der Waals surface area contributed by atoms with Crippen LogP contribution in [0.3, 0.4) is 0 Å².